The number of carbonyl (C=O) groups is 2. The van der Waals surface area contributed by atoms with Crippen LogP contribution in [0.2, 0.25) is 0 Å². The lowest BCUT2D eigenvalue weighted by molar-refractivity contribution is -0.141. The number of hydrogen-bond acceptors (Lipinski definition) is 4. The van der Waals surface area contributed by atoms with Gasteiger partial charge < -0.3 is 10.0 Å². The van der Waals surface area contributed by atoms with Gasteiger partial charge >= 0.3 is 5.97 Å². The standard InChI is InChI=1S/C12H17N3O3/c1-7(12(17)18)6-15(4)11(16)10-5-8(2)13-9(3)14-10/h5,7H,6H2,1-4H3,(H,17,18). The van der Waals surface area contributed by atoms with Gasteiger partial charge in [-0.2, -0.15) is 0 Å². The van der Waals surface area contributed by atoms with E-state index in [1.807, 2.05) is 0 Å². The monoisotopic (exact) mass is 251 g/mol. The van der Waals surface area contributed by atoms with E-state index in [-0.39, 0.29) is 12.5 Å². The Labute approximate surface area is 106 Å². The molecule has 0 spiro atoms. The van der Waals surface area contributed by atoms with E-state index in [2.05, 4.69) is 9.97 Å². The molecule has 1 aromatic rings. The number of rotatable bonds is 4. The summed E-state index contributed by atoms with van der Waals surface area (Å²) in [5, 5.41) is 8.81. The quantitative estimate of drug-likeness (QED) is 0.859. The minimum absolute atomic E-state index is 0.149. The lowest BCUT2D eigenvalue weighted by Crippen LogP contribution is -2.34. The molecule has 0 aliphatic rings. The molecule has 1 rings (SSSR count). The molecule has 0 saturated carbocycles. The number of carboxylic acids is 1. The van der Waals surface area contributed by atoms with E-state index in [9.17, 15) is 9.59 Å². The van der Waals surface area contributed by atoms with Gasteiger partial charge in [0.25, 0.3) is 5.91 Å². The highest BCUT2D eigenvalue weighted by Gasteiger charge is 2.19. The molecule has 1 amide bonds. The third-order valence-electron chi connectivity index (χ3n) is 2.50. The highest BCUT2D eigenvalue weighted by molar-refractivity contribution is 5.92. The number of carboxylic acid groups (broad SMARTS) is 1. The highest BCUT2D eigenvalue weighted by Crippen LogP contribution is 2.06. The maximum atomic E-state index is 12.0. The summed E-state index contributed by atoms with van der Waals surface area (Å²) in [4.78, 5) is 32.3. The predicted molar refractivity (Wildman–Crippen MR) is 65.3 cm³/mol. The molecular weight excluding hydrogens is 234 g/mol. The van der Waals surface area contributed by atoms with Gasteiger partial charge in [-0.25, -0.2) is 9.97 Å². The van der Waals surface area contributed by atoms with Crippen molar-refractivity contribution in [3.8, 4) is 0 Å². The number of hydrogen-bond donors (Lipinski definition) is 1. The maximum absolute atomic E-state index is 12.0. The van der Waals surface area contributed by atoms with Crippen molar-refractivity contribution < 1.29 is 14.7 Å². The van der Waals surface area contributed by atoms with Crippen molar-refractivity contribution in [1.82, 2.24) is 14.9 Å². The van der Waals surface area contributed by atoms with E-state index in [1.54, 1.807) is 33.9 Å². The fourth-order valence-electron chi connectivity index (χ4n) is 1.59. The third kappa shape index (κ3) is 3.51. The summed E-state index contributed by atoms with van der Waals surface area (Å²) in [5.74, 6) is -1.30. The van der Waals surface area contributed by atoms with E-state index in [1.165, 1.54) is 4.90 Å². The van der Waals surface area contributed by atoms with Crippen molar-refractivity contribution in [3.05, 3.63) is 23.3 Å². The zero-order chi connectivity index (χ0) is 13.9. The second-order valence-electron chi connectivity index (χ2n) is 4.37. The van der Waals surface area contributed by atoms with Gasteiger partial charge in [0.15, 0.2) is 0 Å². The second-order valence-corrected chi connectivity index (χ2v) is 4.37. The Bertz CT molecular complexity index is 453. The Hall–Kier alpha value is -1.98. The molecule has 1 atom stereocenters. The normalized spacial score (nSPS) is 12.0. The number of aliphatic carboxylic acids is 1. The maximum Gasteiger partial charge on any atom is 0.308 e. The van der Waals surface area contributed by atoms with Crippen LogP contribution >= 0.6 is 0 Å². The predicted octanol–water partition coefficient (Wildman–Crippen LogP) is 0.886. The third-order valence-corrected chi connectivity index (χ3v) is 2.50. The number of carbonyl (C=O) groups excluding carboxylic acids is 1. The number of aryl methyl sites for hydroxylation is 2. The smallest absolute Gasteiger partial charge is 0.308 e. The summed E-state index contributed by atoms with van der Waals surface area (Å²) in [5.41, 5.74) is 1.01. The van der Waals surface area contributed by atoms with Crippen molar-refractivity contribution in [3.63, 3.8) is 0 Å². The van der Waals surface area contributed by atoms with Gasteiger partial charge in [0.1, 0.15) is 11.5 Å². The molecule has 0 radical (unpaired) electrons. The molecule has 0 bridgehead atoms. The van der Waals surface area contributed by atoms with Gasteiger partial charge in [-0.15, -0.1) is 0 Å². The Morgan fingerprint density at radius 2 is 2.00 bits per heavy atom. The van der Waals surface area contributed by atoms with Crippen LogP contribution in [-0.2, 0) is 4.79 Å². The van der Waals surface area contributed by atoms with Gasteiger partial charge in [0.05, 0.1) is 5.92 Å². The van der Waals surface area contributed by atoms with Crippen LogP contribution in [0.1, 0.15) is 28.9 Å². The number of amides is 1. The lowest BCUT2D eigenvalue weighted by atomic mass is 10.1. The van der Waals surface area contributed by atoms with E-state index >= 15 is 0 Å². The Kier molecular flexibility index (Phi) is 4.36. The van der Waals surface area contributed by atoms with E-state index in [0.29, 0.717) is 17.2 Å². The molecule has 1 heterocycles. The molecule has 1 aromatic heterocycles. The number of aromatic nitrogens is 2. The largest absolute Gasteiger partial charge is 0.481 e. The van der Waals surface area contributed by atoms with Crippen molar-refractivity contribution in [1.29, 1.82) is 0 Å². The van der Waals surface area contributed by atoms with Gasteiger partial charge in [0.2, 0.25) is 0 Å². The van der Waals surface area contributed by atoms with Crippen LogP contribution < -0.4 is 0 Å². The molecule has 98 valence electrons. The van der Waals surface area contributed by atoms with Crippen LogP contribution in [0, 0.1) is 19.8 Å². The lowest BCUT2D eigenvalue weighted by Gasteiger charge is -2.19. The van der Waals surface area contributed by atoms with E-state index < -0.39 is 11.9 Å². The van der Waals surface area contributed by atoms with Crippen molar-refractivity contribution in [2.75, 3.05) is 13.6 Å². The zero-order valence-corrected chi connectivity index (χ0v) is 11.0. The van der Waals surface area contributed by atoms with Gasteiger partial charge in [-0.1, -0.05) is 6.92 Å². The topological polar surface area (TPSA) is 83.4 Å². The summed E-state index contributed by atoms with van der Waals surface area (Å²) in [6.45, 7) is 5.20. The summed E-state index contributed by atoms with van der Waals surface area (Å²) in [7, 11) is 1.56. The summed E-state index contributed by atoms with van der Waals surface area (Å²) < 4.78 is 0. The molecule has 1 unspecified atom stereocenters. The van der Waals surface area contributed by atoms with Crippen molar-refractivity contribution in [2.24, 2.45) is 5.92 Å². The Morgan fingerprint density at radius 3 is 2.50 bits per heavy atom. The van der Waals surface area contributed by atoms with Crippen LogP contribution in [0.5, 0.6) is 0 Å². The molecule has 1 N–H and O–H groups in total. The fraction of sp³-hybridized carbons (Fsp3) is 0.500. The van der Waals surface area contributed by atoms with Crippen molar-refractivity contribution in [2.45, 2.75) is 20.8 Å². The van der Waals surface area contributed by atoms with Crippen LogP contribution in [0.4, 0.5) is 0 Å². The minimum atomic E-state index is -0.926. The van der Waals surface area contributed by atoms with Crippen LogP contribution in [-0.4, -0.2) is 45.4 Å². The first-order valence-electron chi connectivity index (χ1n) is 5.61. The first kappa shape index (κ1) is 14.1. The first-order valence-corrected chi connectivity index (χ1v) is 5.61. The molecule has 6 nitrogen and oxygen atoms in total. The van der Waals surface area contributed by atoms with E-state index in [0.717, 1.165) is 0 Å². The minimum Gasteiger partial charge on any atom is -0.481 e. The molecule has 6 heteroatoms. The molecule has 0 aliphatic heterocycles. The summed E-state index contributed by atoms with van der Waals surface area (Å²) in [6.07, 6.45) is 0. The van der Waals surface area contributed by atoms with E-state index in [4.69, 9.17) is 5.11 Å². The summed E-state index contributed by atoms with van der Waals surface area (Å²) >= 11 is 0. The second kappa shape index (κ2) is 5.57. The zero-order valence-electron chi connectivity index (χ0n) is 11.0. The van der Waals surface area contributed by atoms with Crippen molar-refractivity contribution >= 4 is 11.9 Å². The average molecular weight is 251 g/mol. The summed E-state index contributed by atoms with van der Waals surface area (Å²) in [6, 6.07) is 1.59. The highest BCUT2D eigenvalue weighted by atomic mass is 16.4. The number of nitrogens with zero attached hydrogens (tertiary/aromatic N) is 3. The van der Waals surface area contributed by atoms with Crippen LogP contribution in [0.25, 0.3) is 0 Å². The van der Waals surface area contributed by atoms with Crippen LogP contribution in [0.15, 0.2) is 6.07 Å². The molecular formula is C12H17N3O3. The van der Waals surface area contributed by atoms with Gasteiger partial charge in [0, 0.05) is 19.3 Å². The Balaban J connectivity index is 2.83. The first-order chi connectivity index (χ1) is 8.31. The van der Waals surface area contributed by atoms with Gasteiger partial charge in [-0.3, -0.25) is 9.59 Å². The average Bonchev–Trinajstić information content (AvgIpc) is 2.26. The molecule has 0 aromatic carbocycles. The molecule has 0 fully saturated rings. The SMILES string of the molecule is Cc1cc(C(=O)N(C)CC(C)C(=O)O)nc(C)n1. The van der Waals surface area contributed by atoms with Gasteiger partial charge in [-0.05, 0) is 19.9 Å². The molecule has 0 saturated heterocycles. The fourth-order valence-corrected chi connectivity index (χ4v) is 1.59. The Morgan fingerprint density at radius 1 is 1.39 bits per heavy atom. The molecule has 18 heavy (non-hydrogen) atoms. The molecule has 0 aliphatic carbocycles. The van der Waals surface area contributed by atoms with Crippen LogP contribution in [0.3, 0.4) is 0 Å².